The molecule has 14 nitrogen and oxygen atoms in total. The van der Waals surface area contributed by atoms with Crippen molar-refractivity contribution in [2.45, 2.75) is 44.9 Å². The number of aromatic nitrogens is 2. The number of nitrogens with one attached hydrogen (secondary N) is 3. The third kappa shape index (κ3) is 5.47. The summed E-state index contributed by atoms with van der Waals surface area (Å²) < 4.78 is 22.9. The molecule has 2 aromatic heterocycles. The molecule has 2 atom stereocenters. The van der Waals surface area contributed by atoms with Crippen LogP contribution in [-0.2, 0) is 14.2 Å². The van der Waals surface area contributed by atoms with Crippen LogP contribution >= 0.6 is 31.0 Å². The summed E-state index contributed by atoms with van der Waals surface area (Å²) in [4.78, 5) is 72.6. The zero-order valence-electron chi connectivity index (χ0n) is 29.7. The van der Waals surface area contributed by atoms with Crippen LogP contribution in [0.5, 0.6) is 11.5 Å². The van der Waals surface area contributed by atoms with Crippen LogP contribution in [0.1, 0.15) is 53.4 Å². The number of ether oxygens (including phenoxy) is 1. The number of anilines is 2. The molecule has 5 aliphatic rings. The smallest absolute Gasteiger partial charge is 0.408 e. The Morgan fingerprint density at radius 2 is 1.38 bits per heavy atom. The van der Waals surface area contributed by atoms with Crippen molar-refractivity contribution < 1.29 is 38.0 Å². The third-order valence-electron chi connectivity index (χ3n) is 11.7. The summed E-state index contributed by atoms with van der Waals surface area (Å²) in [7, 11) is -1.45. The Morgan fingerprint density at radius 3 is 1.83 bits per heavy atom. The van der Waals surface area contributed by atoms with Crippen molar-refractivity contribution in [2.75, 3.05) is 61.8 Å². The number of aryl methyl sites for hydroxylation is 2. The molecule has 5 N–H and O–H groups in total. The molecular weight excluding hydrogens is 746 g/mol. The lowest BCUT2D eigenvalue weighted by molar-refractivity contribution is -0.204. The maximum Gasteiger partial charge on any atom is 0.524 e. The number of H-pyrrole nitrogens is 2. The number of carbonyl (C=O) groups is 3. The number of hydrogen-bond donors (Lipinski definition) is 5. The number of rotatable bonds is 10. The molecule has 0 saturated heterocycles. The second kappa shape index (κ2) is 12.6. The molecule has 2 unspecified atom stereocenters. The first kappa shape index (κ1) is 36.2. The maximum absolute atomic E-state index is 14.6. The number of fused-ring (bicyclic) bond motifs is 6. The van der Waals surface area contributed by atoms with E-state index in [9.17, 15) is 28.7 Å². The van der Waals surface area contributed by atoms with Gasteiger partial charge in [-0.05, 0) is 62.4 Å². The Bertz CT molecular complexity index is 2250. The van der Waals surface area contributed by atoms with Crippen LogP contribution in [0.25, 0.3) is 21.8 Å². The summed E-state index contributed by atoms with van der Waals surface area (Å²) >= 11 is 13.0. The van der Waals surface area contributed by atoms with Crippen molar-refractivity contribution in [2.24, 2.45) is 10.8 Å². The molecule has 53 heavy (non-hydrogen) atoms. The van der Waals surface area contributed by atoms with Gasteiger partial charge in [0.15, 0.2) is 11.5 Å². The molecule has 3 amide bonds. The molecule has 17 heteroatoms. The van der Waals surface area contributed by atoms with Gasteiger partial charge >= 0.3 is 13.9 Å². The van der Waals surface area contributed by atoms with E-state index in [0.29, 0.717) is 73.6 Å². The lowest BCUT2D eigenvalue weighted by Gasteiger charge is -2.69. The van der Waals surface area contributed by atoms with Crippen LogP contribution in [0.15, 0.2) is 24.5 Å². The third-order valence-corrected chi connectivity index (χ3v) is 12.9. The minimum atomic E-state index is -4.92. The number of carbonyl (C=O) groups excluding carboxylic acids is 3. The minimum Gasteiger partial charge on any atom is -0.408 e. The van der Waals surface area contributed by atoms with E-state index >= 15 is 0 Å². The molecule has 2 bridgehead atoms. The zero-order valence-corrected chi connectivity index (χ0v) is 32.1. The molecular formula is C36H41Cl2N6O8P. The number of phosphoric acid groups is 1. The van der Waals surface area contributed by atoms with Crippen LogP contribution < -0.4 is 24.4 Å². The van der Waals surface area contributed by atoms with Gasteiger partial charge in [0, 0.05) is 92.1 Å². The average molecular weight is 788 g/mol. The van der Waals surface area contributed by atoms with Gasteiger partial charge in [-0.15, -0.1) is 23.2 Å². The van der Waals surface area contributed by atoms with Gasteiger partial charge in [-0.2, -0.15) is 0 Å². The second-order valence-electron chi connectivity index (χ2n) is 15.2. The first-order chi connectivity index (χ1) is 25.2. The Morgan fingerprint density at radius 1 is 0.906 bits per heavy atom. The van der Waals surface area contributed by atoms with Gasteiger partial charge in [0.2, 0.25) is 11.8 Å². The van der Waals surface area contributed by atoms with Crippen molar-refractivity contribution in [1.29, 1.82) is 0 Å². The van der Waals surface area contributed by atoms with Crippen molar-refractivity contribution in [3.8, 4) is 11.5 Å². The van der Waals surface area contributed by atoms with E-state index in [-0.39, 0.29) is 41.2 Å². The lowest BCUT2D eigenvalue weighted by atomic mass is 9.34. The molecule has 3 saturated carbocycles. The van der Waals surface area contributed by atoms with Gasteiger partial charge in [-0.25, -0.2) is 9.36 Å². The topological polar surface area (TPSA) is 181 Å². The molecule has 282 valence electrons. The van der Waals surface area contributed by atoms with E-state index in [1.165, 1.54) is 11.0 Å². The van der Waals surface area contributed by atoms with Crippen LogP contribution in [0.3, 0.4) is 0 Å². The van der Waals surface area contributed by atoms with E-state index in [2.05, 4.69) is 15.3 Å². The normalized spacial score (nSPS) is 24.2. The molecule has 3 aliphatic carbocycles. The van der Waals surface area contributed by atoms with E-state index < -0.39 is 24.7 Å². The first-order valence-electron chi connectivity index (χ1n) is 17.5. The van der Waals surface area contributed by atoms with Crippen molar-refractivity contribution in [3.05, 3.63) is 46.8 Å². The number of amides is 3. The quantitative estimate of drug-likeness (QED) is 0.101. The molecule has 9 rings (SSSR count). The highest BCUT2D eigenvalue weighted by Gasteiger charge is 2.76. The predicted octanol–water partition coefficient (Wildman–Crippen LogP) is 5.60. The SMILES string of the molecule is CNCCN(C)C(=O)Oc1cc2c(c3c(C)c[nH]c13)C(CCl)CN2C(=O)C12CC(C(=O)N3CC(CCl)c4c3cc(OP(=O)(O)O)c3[nH]cc(C)c43)(C1)C2. The largest absolute Gasteiger partial charge is 0.524 e. The van der Waals surface area contributed by atoms with E-state index in [1.54, 1.807) is 36.2 Å². The van der Waals surface area contributed by atoms with Crippen molar-refractivity contribution in [1.82, 2.24) is 20.2 Å². The predicted molar refractivity (Wildman–Crippen MR) is 202 cm³/mol. The van der Waals surface area contributed by atoms with Crippen LogP contribution in [-0.4, -0.2) is 94.6 Å². The van der Waals surface area contributed by atoms with Gasteiger partial charge in [0.05, 0.1) is 33.2 Å². The van der Waals surface area contributed by atoms with Gasteiger partial charge in [-0.1, -0.05) is 0 Å². The fraction of sp³-hybridized carbons (Fsp3) is 0.472. The van der Waals surface area contributed by atoms with Crippen LogP contribution in [0, 0.1) is 24.7 Å². The number of phosphoric ester groups is 1. The lowest BCUT2D eigenvalue weighted by Crippen LogP contribution is -2.73. The number of alkyl halides is 2. The van der Waals surface area contributed by atoms with Crippen LogP contribution in [0.4, 0.5) is 16.2 Å². The molecule has 4 heterocycles. The van der Waals surface area contributed by atoms with Gasteiger partial charge in [-0.3, -0.25) is 19.4 Å². The molecule has 3 fully saturated rings. The van der Waals surface area contributed by atoms with Crippen LogP contribution in [0.2, 0.25) is 0 Å². The van der Waals surface area contributed by atoms with Gasteiger partial charge in [0.25, 0.3) is 0 Å². The highest BCUT2D eigenvalue weighted by molar-refractivity contribution is 7.46. The minimum absolute atomic E-state index is 0.0552. The molecule has 2 aliphatic heterocycles. The average Bonchev–Trinajstić information content (AvgIpc) is 3.84. The summed E-state index contributed by atoms with van der Waals surface area (Å²) in [5.74, 6) is 0.199. The van der Waals surface area contributed by atoms with Crippen molar-refractivity contribution >= 4 is 82.1 Å². The Hall–Kier alpha value is -3.78. The summed E-state index contributed by atoms with van der Waals surface area (Å²) in [5.41, 5.74) is 4.31. The Balaban J connectivity index is 1.08. The standard InChI is InChI=1S/C36H41Cl2N6O8P/c1-18-11-40-30-24(51-34(47)42(4)6-5-39-3)7-22-28(26(18)30)20(9-37)13-43(22)32(45)35-15-36(16-35,17-35)33(46)44-14-21(10-38)29-23(44)8-25(52-53(48,49)50)31-27(29)19(2)12-41-31/h7-8,11-12,20-21,39-41H,5-6,9-10,13-17H2,1-4H3,(H2,48,49,50). The number of hydrogen-bond acceptors (Lipinski definition) is 7. The number of aromatic amines is 2. The number of nitrogens with zero attached hydrogens (tertiary/aromatic N) is 3. The number of likely N-dealkylation sites (N-methyl/N-ethyl adjacent to an activating group) is 2. The van der Waals surface area contributed by atoms with E-state index in [1.807, 2.05) is 20.0 Å². The molecule has 2 aromatic carbocycles. The highest BCUT2D eigenvalue weighted by atomic mass is 35.5. The molecule has 0 radical (unpaired) electrons. The maximum atomic E-state index is 14.6. The Kier molecular flexibility index (Phi) is 8.64. The summed E-state index contributed by atoms with van der Waals surface area (Å²) in [6, 6.07) is 3.26. The molecule has 4 aromatic rings. The molecule has 0 spiro atoms. The van der Waals surface area contributed by atoms with E-state index in [0.717, 1.165) is 33.0 Å². The Labute approximate surface area is 315 Å². The van der Waals surface area contributed by atoms with E-state index in [4.69, 9.17) is 32.5 Å². The summed E-state index contributed by atoms with van der Waals surface area (Å²) in [5, 5.41) is 4.62. The zero-order chi connectivity index (χ0) is 37.8. The van der Waals surface area contributed by atoms with Gasteiger partial charge in [0.1, 0.15) is 0 Å². The summed E-state index contributed by atoms with van der Waals surface area (Å²) in [6.07, 6.45) is 4.17. The number of benzene rings is 2. The second-order valence-corrected chi connectivity index (χ2v) is 16.9. The van der Waals surface area contributed by atoms with Crippen molar-refractivity contribution in [3.63, 3.8) is 0 Å². The fourth-order valence-electron chi connectivity index (χ4n) is 9.30. The summed E-state index contributed by atoms with van der Waals surface area (Å²) in [6.45, 7) is 5.54. The first-order valence-corrected chi connectivity index (χ1v) is 20.1. The monoisotopic (exact) mass is 786 g/mol. The van der Waals surface area contributed by atoms with Gasteiger partial charge < -0.3 is 39.2 Å². The highest BCUT2D eigenvalue weighted by Crippen LogP contribution is 2.75. The number of halogens is 2. The fourth-order valence-corrected chi connectivity index (χ4v) is 10.2.